The van der Waals surface area contributed by atoms with Gasteiger partial charge >= 0.3 is 0 Å². The molecule has 0 aliphatic rings. The summed E-state index contributed by atoms with van der Waals surface area (Å²) in [6.07, 6.45) is 1.08. The Morgan fingerprint density at radius 3 is 2.50 bits per heavy atom. The zero-order valence-corrected chi connectivity index (χ0v) is 18.0. The second-order valence-electron chi connectivity index (χ2n) is 7.24. The van der Waals surface area contributed by atoms with Crippen LogP contribution in [0, 0.1) is 16.0 Å². The fraction of sp³-hybridized carbons (Fsp3) is 0.364. The van der Waals surface area contributed by atoms with Crippen LogP contribution in [-0.4, -0.2) is 29.0 Å². The summed E-state index contributed by atoms with van der Waals surface area (Å²) in [5.74, 6) is 0.684. The number of nitrogens with one attached hydrogen (secondary N) is 2. The number of hydrogen-bond acceptors (Lipinski definition) is 5. The van der Waals surface area contributed by atoms with Crippen LogP contribution < -0.4 is 10.6 Å². The van der Waals surface area contributed by atoms with Gasteiger partial charge in [0.1, 0.15) is 0 Å². The molecule has 2 rings (SSSR count). The molecule has 30 heavy (non-hydrogen) atoms. The predicted octanol–water partition coefficient (Wildman–Crippen LogP) is 4.17. The van der Waals surface area contributed by atoms with Gasteiger partial charge in [0.05, 0.1) is 9.82 Å². The summed E-state index contributed by atoms with van der Waals surface area (Å²) in [7, 11) is 0. The van der Waals surface area contributed by atoms with Crippen molar-refractivity contribution < 1.29 is 14.5 Å². The van der Waals surface area contributed by atoms with Crippen LogP contribution >= 0.6 is 11.8 Å². The minimum atomic E-state index is -0.467. The normalized spacial score (nSPS) is 10.6. The summed E-state index contributed by atoms with van der Waals surface area (Å²) in [5.41, 5.74) is 1.13. The van der Waals surface area contributed by atoms with Crippen molar-refractivity contribution in [3.05, 3.63) is 69.8 Å². The van der Waals surface area contributed by atoms with Crippen LogP contribution in [0.3, 0.4) is 0 Å². The van der Waals surface area contributed by atoms with Gasteiger partial charge in [-0.15, -0.1) is 11.8 Å². The second-order valence-corrected chi connectivity index (χ2v) is 8.38. The van der Waals surface area contributed by atoms with E-state index in [0.29, 0.717) is 17.4 Å². The first-order chi connectivity index (χ1) is 14.4. The third kappa shape index (κ3) is 7.87. The lowest BCUT2D eigenvalue weighted by Gasteiger charge is -2.09. The van der Waals surface area contributed by atoms with Crippen LogP contribution in [0.15, 0.2) is 53.4 Å². The molecule has 8 heteroatoms. The van der Waals surface area contributed by atoms with Crippen LogP contribution in [0.25, 0.3) is 0 Å². The average molecular weight is 430 g/mol. The molecule has 0 spiro atoms. The van der Waals surface area contributed by atoms with Gasteiger partial charge in [-0.05, 0) is 35.8 Å². The molecule has 0 atom stereocenters. The molecule has 0 aliphatic carbocycles. The summed E-state index contributed by atoms with van der Waals surface area (Å²) in [6.45, 7) is 4.78. The Balaban J connectivity index is 1.84. The van der Waals surface area contributed by atoms with Crippen molar-refractivity contribution in [3.8, 4) is 0 Å². The van der Waals surface area contributed by atoms with Crippen LogP contribution in [0.5, 0.6) is 0 Å². The Hall–Kier alpha value is -2.87. The van der Waals surface area contributed by atoms with Crippen LogP contribution in [0.1, 0.15) is 42.6 Å². The molecule has 2 amide bonds. The molecule has 7 nitrogen and oxygen atoms in total. The highest BCUT2D eigenvalue weighted by atomic mass is 32.2. The largest absolute Gasteiger partial charge is 0.352 e. The number of rotatable bonds is 11. The maximum absolute atomic E-state index is 12.3. The Morgan fingerprint density at radius 2 is 1.83 bits per heavy atom. The third-order valence-electron chi connectivity index (χ3n) is 4.34. The quantitative estimate of drug-likeness (QED) is 0.317. The smallest absolute Gasteiger partial charge is 0.283 e. The number of amides is 2. The fourth-order valence-corrected chi connectivity index (χ4v) is 3.86. The van der Waals surface area contributed by atoms with Crippen molar-refractivity contribution in [2.45, 2.75) is 38.1 Å². The molecule has 160 valence electrons. The minimum absolute atomic E-state index is 0.0722. The molecular weight excluding hydrogens is 402 g/mol. The van der Waals surface area contributed by atoms with Gasteiger partial charge in [0.2, 0.25) is 5.91 Å². The van der Waals surface area contributed by atoms with E-state index in [0.717, 1.165) is 17.7 Å². The molecule has 0 saturated heterocycles. The van der Waals surface area contributed by atoms with E-state index < -0.39 is 10.8 Å². The van der Waals surface area contributed by atoms with E-state index >= 15 is 0 Å². The van der Waals surface area contributed by atoms with E-state index in [4.69, 9.17) is 0 Å². The Morgan fingerprint density at radius 1 is 1.10 bits per heavy atom. The summed E-state index contributed by atoms with van der Waals surface area (Å²) in [4.78, 5) is 35.7. The van der Waals surface area contributed by atoms with Crippen molar-refractivity contribution >= 4 is 29.3 Å². The van der Waals surface area contributed by atoms with Crippen molar-refractivity contribution in [3.63, 3.8) is 0 Å². The highest BCUT2D eigenvalue weighted by Gasteiger charge is 2.18. The first-order valence-corrected chi connectivity index (χ1v) is 10.9. The first kappa shape index (κ1) is 23.4. The van der Waals surface area contributed by atoms with Crippen LogP contribution in [0.4, 0.5) is 5.69 Å². The summed E-state index contributed by atoms with van der Waals surface area (Å²) < 4.78 is 0. The second kappa shape index (κ2) is 12.0. The molecule has 0 aromatic heterocycles. The van der Waals surface area contributed by atoms with E-state index in [1.165, 1.54) is 17.8 Å². The molecule has 0 radical (unpaired) electrons. The van der Waals surface area contributed by atoms with E-state index in [9.17, 15) is 19.7 Å². The van der Waals surface area contributed by atoms with Crippen molar-refractivity contribution in [2.24, 2.45) is 5.92 Å². The van der Waals surface area contributed by atoms with E-state index in [-0.39, 0.29) is 30.1 Å². The van der Waals surface area contributed by atoms with Gasteiger partial charge in [-0.25, -0.2) is 0 Å². The molecule has 2 N–H and O–H groups in total. The summed E-state index contributed by atoms with van der Waals surface area (Å²) in [5, 5.41) is 16.8. The Kier molecular flexibility index (Phi) is 9.34. The Bertz CT molecular complexity index is 872. The highest BCUT2D eigenvalue weighted by Crippen LogP contribution is 2.31. The van der Waals surface area contributed by atoms with Gasteiger partial charge in [0.15, 0.2) is 0 Å². The van der Waals surface area contributed by atoms with Gasteiger partial charge in [0.25, 0.3) is 11.6 Å². The number of benzene rings is 2. The maximum Gasteiger partial charge on any atom is 0.283 e. The number of carbonyl (C=O) groups excluding carboxylic acids is 2. The lowest BCUT2D eigenvalue weighted by Crippen LogP contribution is -2.30. The number of carbonyl (C=O) groups is 2. The lowest BCUT2D eigenvalue weighted by atomic mass is 10.2. The minimum Gasteiger partial charge on any atom is -0.352 e. The molecular formula is C22H27N3O4S. The van der Waals surface area contributed by atoms with Gasteiger partial charge in [-0.3, -0.25) is 19.7 Å². The molecule has 2 aromatic rings. The third-order valence-corrected chi connectivity index (χ3v) is 5.44. The average Bonchev–Trinajstić information content (AvgIpc) is 2.72. The van der Waals surface area contributed by atoms with Gasteiger partial charge in [-0.1, -0.05) is 44.2 Å². The molecule has 2 aromatic carbocycles. The van der Waals surface area contributed by atoms with E-state index in [1.54, 1.807) is 12.1 Å². The lowest BCUT2D eigenvalue weighted by molar-refractivity contribution is -0.387. The number of nitro benzene ring substituents is 1. The Labute approximate surface area is 180 Å². The SMILES string of the molecule is CC(C)CCSc1ccc(C(=O)NCCC(=O)NCc2ccccc2)cc1[N+](=O)[O-]. The topological polar surface area (TPSA) is 101 Å². The number of nitro groups is 1. The summed E-state index contributed by atoms with van der Waals surface area (Å²) in [6, 6.07) is 14.0. The van der Waals surface area contributed by atoms with E-state index in [2.05, 4.69) is 24.5 Å². The number of hydrogen-bond donors (Lipinski definition) is 2. The molecule has 0 aliphatic heterocycles. The summed E-state index contributed by atoms with van der Waals surface area (Å²) >= 11 is 1.42. The predicted molar refractivity (Wildman–Crippen MR) is 119 cm³/mol. The van der Waals surface area contributed by atoms with Crippen LogP contribution in [0.2, 0.25) is 0 Å². The van der Waals surface area contributed by atoms with Gasteiger partial charge in [-0.2, -0.15) is 0 Å². The molecule has 0 heterocycles. The molecule has 0 saturated carbocycles. The van der Waals surface area contributed by atoms with Crippen molar-refractivity contribution in [1.29, 1.82) is 0 Å². The monoisotopic (exact) mass is 429 g/mol. The van der Waals surface area contributed by atoms with Gasteiger partial charge in [0, 0.05) is 31.1 Å². The molecule has 0 unspecified atom stereocenters. The first-order valence-electron chi connectivity index (χ1n) is 9.87. The standard InChI is InChI=1S/C22H27N3O4S/c1-16(2)11-13-30-20-9-8-18(14-19(20)25(28)29)22(27)23-12-10-21(26)24-15-17-6-4-3-5-7-17/h3-9,14,16H,10-13,15H2,1-2H3,(H,23,27)(H,24,26). The zero-order chi connectivity index (χ0) is 21.9. The fourth-order valence-electron chi connectivity index (χ4n) is 2.60. The highest BCUT2D eigenvalue weighted by molar-refractivity contribution is 7.99. The molecule has 0 fully saturated rings. The number of nitrogens with zero attached hydrogens (tertiary/aromatic N) is 1. The molecule has 0 bridgehead atoms. The van der Waals surface area contributed by atoms with Crippen molar-refractivity contribution in [2.75, 3.05) is 12.3 Å². The zero-order valence-electron chi connectivity index (χ0n) is 17.2. The van der Waals surface area contributed by atoms with E-state index in [1.807, 2.05) is 30.3 Å². The van der Waals surface area contributed by atoms with Crippen LogP contribution in [-0.2, 0) is 11.3 Å². The maximum atomic E-state index is 12.3. The number of thioether (sulfide) groups is 1. The van der Waals surface area contributed by atoms with Crippen molar-refractivity contribution in [1.82, 2.24) is 10.6 Å². The van der Waals surface area contributed by atoms with Gasteiger partial charge < -0.3 is 10.6 Å².